The van der Waals surface area contributed by atoms with Crippen LogP contribution in [0, 0.1) is 12.8 Å². The minimum atomic E-state index is -0.518. The maximum atomic E-state index is 13.1. The molecule has 4 aromatic rings. The van der Waals surface area contributed by atoms with Crippen LogP contribution < -0.4 is 15.8 Å². The highest BCUT2D eigenvalue weighted by molar-refractivity contribution is 7.13. The summed E-state index contributed by atoms with van der Waals surface area (Å²) in [6.45, 7) is 2.00. The van der Waals surface area contributed by atoms with Crippen molar-refractivity contribution in [3.05, 3.63) is 76.0 Å². The lowest BCUT2D eigenvalue weighted by atomic mass is 10.1. The van der Waals surface area contributed by atoms with E-state index in [2.05, 4.69) is 20.4 Å². The first-order chi connectivity index (χ1) is 16.0. The summed E-state index contributed by atoms with van der Waals surface area (Å²) in [5.74, 6) is -0.348. The maximum absolute atomic E-state index is 13.1. The van der Waals surface area contributed by atoms with Gasteiger partial charge < -0.3 is 10.2 Å². The number of nitrogens with zero attached hydrogens (tertiary/aromatic N) is 4. The average molecular weight is 461 g/mol. The summed E-state index contributed by atoms with van der Waals surface area (Å²) in [6, 6.07) is 16.2. The summed E-state index contributed by atoms with van der Waals surface area (Å²) in [5, 5.41) is 9.39. The number of para-hydroxylation sites is 1. The first-order valence-electron chi connectivity index (χ1n) is 10.4. The zero-order chi connectivity index (χ0) is 22.9. The Balaban J connectivity index is 1.44. The number of anilines is 2. The van der Waals surface area contributed by atoms with Crippen LogP contribution in [0.5, 0.6) is 0 Å². The number of aromatic amines is 1. The lowest BCUT2D eigenvalue weighted by Crippen LogP contribution is -2.28. The van der Waals surface area contributed by atoms with Gasteiger partial charge in [0.25, 0.3) is 5.56 Å². The van der Waals surface area contributed by atoms with E-state index in [-0.39, 0.29) is 29.7 Å². The molecule has 0 bridgehead atoms. The van der Waals surface area contributed by atoms with Crippen molar-refractivity contribution in [3.63, 3.8) is 0 Å². The quantitative estimate of drug-likeness (QED) is 0.475. The van der Waals surface area contributed by atoms with Crippen LogP contribution >= 0.6 is 11.3 Å². The largest absolute Gasteiger partial charge is 0.312 e. The second-order valence-corrected chi connectivity index (χ2v) is 8.69. The molecule has 1 aromatic carbocycles. The molecule has 166 valence electrons. The van der Waals surface area contributed by atoms with E-state index in [9.17, 15) is 14.4 Å². The predicted octanol–water partition coefficient (Wildman–Crippen LogP) is 2.98. The molecule has 1 aliphatic rings. The number of thiophene rings is 1. The number of carbonyl (C=O) groups excluding carboxylic acids is 2. The van der Waals surface area contributed by atoms with Crippen LogP contribution in [0.1, 0.15) is 12.1 Å². The Kier molecular flexibility index (Phi) is 5.35. The smallest absolute Gasteiger partial charge is 0.252 e. The van der Waals surface area contributed by atoms with E-state index in [0.717, 1.165) is 10.6 Å². The van der Waals surface area contributed by atoms with Gasteiger partial charge in [-0.3, -0.25) is 19.4 Å². The molecule has 5 rings (SSSR count). The number of amides is 2. The SMILES string of the molecule is Cc1cc(=O)[nH]c(-n2nc(-c3cccs3)cc2NC(=O)[C@H]2CC(=O)N(c3ccccc3)C2)n1. The van der Waals surface area contributed by atoms with Crippen molar-refractivity contribution in [1.82, 2.24) is 19.7 Å². The molecule has 10 heteroatoms. The first kappa shape index (κ1) is 20.8. The summed E-state index contributed by atoms with van der Waals surface area (Å²) in [7, 11) is 0. The minimum absolute atomic E-state index is 0.0983. The van der Waals surface area contributed by atoms with Gasteiger partial charge >= 0.3 is 0 Å². The average Bonchev–Trinajstić information content (AvgIpc) is 3.53. The molecule has 4 heterocycles. The van der Waals surface area contributed by atoms with Crippen LogP contribution in [0.4, 0.5) is 11.5 Å². The molecule has 1 atom stereocenters. The standard InChI is InChI=1S/C23H20N6O3S/c1-14-10-20(30)26-23(24-14)29-19(12-17(27-29)18-8-5-9-33-18)25-22(32)15-11-21(31)28(13-15)16-6-3-2-4-7-16/h2-10,12,15H,11,13H2,1H3,(H,25,32)(H,24,26,30)/t15-/m0/s1. The Morgan fingerprint density at radius 2 is 1.97 bits per heavy atom. The third kappa shape index (κ3) is 4.20. The molecule has 0 radical (unpaired) electrons. The van der Waals surface area contributed by atoms with Crippen LogP contribution in [0.15, 0.2) is 64.8 Å². The van der Waals surface area contributed by atoms with Gasteiger partial charge in [-0.1, -0.05) is 24.3 Å². The van der Waals surface area contributed by atoms with Crippen molar-refractivity contribution in [3.8, 4) is 16.5 Å². The van der Waals surface area contributed by atoms with Gasteiger partial charge in [0.1, 0.15) is 11.5 Å². The van der Waals surface area contributed by atoms with E-state index in [1.807, 2.05) is 47.8 Å². The van der Waals surface area contributed by atoms with E-state index in [1.54, 1.807) is 17.9 Å². The van der Waals surface area contributed by atoms with E-state index in [4.69, 9.17) is 0 Å². The van der Waals surface area contributed by atoms with Crippen LogP contribution in [0.25, 0.3) is 16.5 Å². The topological polar surface area (TPSA) is 113 Å². The molecule has 0 unspecified atom stereocenters. The second-order valence-electron chi connectivity index (χ2n) is 7.74. The zero-order valence-corrected chi connectivity index (χ0v) is 18.5. The number of H-pyrrole nitrogens is 1. The lowest BCUT2D eigenvalue weighted by Gasteiger charge is -2.16. The molecule has 3 aromatic heterocycles. The highest BCUT2D eigenvalue weighted by atomic mass is 32.1. The fraction of sp³-hybridized carbons (Fsp3) is 0.174. The third-order valence-electron chi connectivity index (χ3n) is 5.36. The minimum Gasteiger partial charge on any atom is -0.312 e. The molecule has 2 amide bonds. The molecule has 0 aliphatic carbocycles. The number of rotatable bonds is 5. The fourth-order valence-electron chi connectivity index (χ4n) is 3.81. The third-order valence-corrected chi connectivity index (χ3v) is 6.25. The Bertz CT molecular complexity index is 1380. The van der Waals surface area contributed by atoms with Gasteiger partial charge in [-0.05, 0) is 30.5 Å². The number of hydrogen-bond donors (Lipinski definition) is 2. The summed E-state index contributed by atoms with van der Waals surface area (Å²) in [5.41, 5.74) is 1.61. The Morgan fingerprint density at radius 1 is 1.15 bits per heavy atom. The van der Waals surface area contributed by atoms with Crippen LogP contribution in [0.3, 0.4) is 0 Å². The molecular weight excluding hydrogens is 440 g/mol. The number of benzene rings is 1. The van der Waals surface area contributed by atoms with Crippen LogP contribution in [-0.4, -0.2) is 38.1 Å². The second kappa shape index (κ2) is 8.47. The monoisotopic (exact) mass is 460 g/mol. The van der Waals surface area contributed by atoms with Gasteiger partial charge in [-0.2, -0.15) is 9.78 Å². The number of aryl methyl sites for hydroxylation is 1. The molecule has 33 heavy (non-hydrogen) atoms. The van der Waals surface area contributed by atoms with Crippen molar-refractivity contribution in [1.29, 1.82) is 0 Å². The van der Waals surface area contributed by atoms with E-state index >= 15 is 0 Å². The Labute approximate surface area is 192 Å². The van der Waals surface area contributed by atoms with E-state index in [1.165, 1.54) is 22.1 Å². The maximum Gasteiger partial charge on any atom is 0.252 e. The number of nitrogens with one attached hydrogen (secondary N) is 2. The number of carbonyl (C=O) groups is 2. The highest BCUT2D eigenvalue weighted by Gasteiger charge is 2.35. The summed E-state index contributed by atoms with van der Waals surface area (Å²) in [6.07, 6.45) is 0.117. The molecule has 1 fully saturated rings. The number of aromatic nitrogens is 4. The van der Waals surface area contributed by atoms with E-state index in [0.29, 0.717) is 23.8 Å². The highest BCUT2D eigenvalue weighted by Crippen LogP contribution is 2.29. The molecule has 1 saturated heterocycles. The summed E-state index contributed by atoms with van der Waals surface area (Å²) >= 11 is 1.51. The summed E-state index contributed by atoms with van der Waals surface area (Å²) < 4.78 is 1.41. The molecule has 1 aliphatic heterocycles. The summed E-state index contributed by atoms with van der Waals surface area (Å²) in [4.78, 5) is 47.2. The molecule has 0 saturated carbocycles. The first-order valence-corrected chi connectivity index (χ1v) is 11.2. The zero-order valence-electron chi connectivity index (χ0n) is 17.7. The van der Waals surface area contributed by atoms with Gasteiger partial charge in [-0.25, -0.2) is 4.98 Å². The molecule has 2 N–H and O–H groups in total. The van der Waals surface area contributed by atoms with Gasteiger partial charge in [0.05, 0.1) is 10.8 Å². The van der Waals surface area contributed by atoms with E-state index < -0.39 is 5.92 Å². The van der Waals surface area contributed by atoms with Crippen LogP contribution in [0.2, 0.25) is 0 Å². The van der Waals surface area contributed by atoms with Gasteiger partial charge in [0, 0.05) is 36.5 Å². The van der Waals surface area contributed by atoms with Crippen molar-refractivity contribution in [2.24, 2.45) is 5.92 Å². The Morgan fingerprint density at radius 3 is 2.70 bits per heavy atom. The van der Waals surface area contributed by atoms with Crippen molar-refractivity contribution in [2.75, 3.05) is 16.8 Å². The van der Waals surface area contributed by atoms with Gasteiger partial charge in [-0.15, -0.1) is 11.3 Å². The van der Waals surface area contributed by atoms with Crippen molar-refractivity contribution < 1.29 is 9.59 Å². The molecule has 9 nitrogen and oxygen atoms in total. The Hall–Kier alpha value is -4.05. The van der Waals surface area contributed by atoms with Crippen LogP contribution in [-0.2, 0) is 9.59 Å². The van der Waals surface area contributed by atoms with Gasteiger partial charge in [0.2, 0.25) is 17.8 Å². The van der Waals surface area contributed by atoms with Gasteiger partial charge in [0.15, 0.2) is 0 Å². The van der Waals surface area contributed by atoms with Crippen molar-refractivity contribution >= 4 is 34.7 Å². The predicted molar refractivity (Wildman–Crippen MR) is 126 cm³/mol. The number of hydrogen-bond acceptors (Lipinski definition) is 6. The van der Waals surface area contributed by atoms with Crippen molar-refractivity contribution in [2.45, 2.75) is 13.3 Å². The fourth-order valence-corrected chi connectivity index (χ4v) is 4.49. The normalized spacial score (nSPS) is 15.7. The molecule has 0 spiro atoms. The molecular formula is C23H20N6O3S. The lowest BCUT2D eigenvalue weighted by molar-refractivity contribution is -0.122.